The number of benzene rings is 2. The number of nitrogens with zero attached hydrogens (tertiary/aromatic N) is 2. The third kappa shape index (κ3) is 2.41. The topological polar surface area (TPSA) is 71.8 Å². The van der Waals surface area contributed by atoms with Crippen molar-refractivity contribution >= 4 is 22.5 Å². The van der Waals surface area contributed by atoms with E-state index >= 15 is 0 Å². The van der Waals surface area contributed by atoms with E-state index in [9.17, 15) is 4.79 Å². The molecule has 0 amide bonds. The molecule has 0 fully saturated rings. The van der Waals surface area contributed by atoms with Gasteiger partial charge in [0.2, 0.25) is 11.3 Å². The molecule has 0 bridgehead atoms. The van der Waals surface area contributed by atoms with Crippen LogP contribution in [0.5, 0.6) is 0 Å². The standard InChI is InChI=1S/C17H10ClN3O2/c18-11-7-5-10(6-8-11)16-20-17(23-21-16)13-9-19-14-4-2-1-3-12(14)15(13)22/h1-9H,(H,19,22). The molecule has 23 heavy (non-hydrogen) atoms. The quantitative estimate of drug-likeness (QED) is 0.607. The van der Waals surface area contributed by atoms with Crippen molar-refractivity contribution in [3.05, 3.63) is 70.0 Å². The lowest BCUT2D eigenvalue weighted by molar-refractivity contribution is 0.432. The van der Waals surface area contributed by atoms with Crippen LogP contribution in [-0.2, 0) is 0 Å². The number of hydrogen-bond donors (Lipinski definition) is 1. The van der Waals surface area contributed by atoms with Crippen LogP contribution >= 0.6 is 11.6 Å². The van der Waals surface area contributed by atoms with Gasteiger partial charge in [0.15, 0.2) is 0 Å². The van der Waals surface area contributed by atoms with Crippen LogP contribution in [0.15, 0.2) is 64.0 Å². The molecule has 4 aromatic rings. The molecule has 6 heteroatoms. The second kappa shape index (κ2) is 5.37. The van der Waals surface area contributed by atoms with E-state index in [-0.39, 0.29) is 11.3 Å². The van der Waals surface area contributed by atoms with Crippen molar-refractivity contribution in [2.75, 3.05) is 0 Å². The lowest BCUT2D eigenvalue weighted by atomic mass is 10.1. The van der Waals surface area contributed by atoms with Crippen molar-refractivity contribution in [3.8, 4) is 22.8 Å². The Morgan fingerprint density at radius 3 is 2.65 bits per heavy atom. The number of aromatic nitrogens is 3. The van der Waals surface area contributed by atoms with Gasteiger partial charge >= 0.3 is 0 Å². The first-order chi connectivity index (χ1) is 11.2. The van der Waals surface area contributed by atoms with Gasteiger partial charge in [-0.15, -0.1) is 0 Å². The molecule has 2 aromatic heterocycles. The Bertz CT molecular complexity index is 1050. The normalized spacial score (nSPS) is 11.0. The van der Waals surface area contributed by atoms with Crippen molar-refractivity contribution in [1.29, 1.82) is 0 Å². The summed E-state index contributed by atoms with van der Waals surface area (Å²) in [5, 5.41) is 5.14. The highest BCUT2D eigenvalue weighted by molar-refractivity contribution is 6.30. The van der Waals surface area contributed by atoms with E-state index in [0.717, 1.165) is 11.1 Å². The smallest absolute Gasteiger partial charge is 0.263 e. The summed E-state index contributed by atoms with van der Waals surface area (Å²) in [6.07, 6.45) is 1.59. The third-order valence-corrected chi connectivity index (χ3v) is 3.80. The molecule has 0 radical (unpaired) electrons. The Labute approximate surface area is 135 Å². The SMILES string of the molecule is O=c1c(-c2nc(-c3ccc(Cl)cc3)no2)c[nH]c2ccccc12. The number of pyridine rings is 1. The summed E-state index contributed by atoms with van der Waals surface area (Å²) in [6.45, 7) is 0. The van der Waals surface area contributed by atoms with Crippen LogP contribution in [0.1, 0.15) is 0 Å². The van der Waals surface area contributed by atoms with E-state index in [1.807, 2.05) is 18.2 Å². The molecular weight excluding hydrogens is 314 g/mol. The van der Waals surface area contributed by atoms with E-state index < -0.39 is 0 Å². The van der Waals surface area contributed by atoms with Crippen molar-refractivity contribution in [2.24, 2.45) is 0 Å². The summed E-state index contributed by atoms with van der Waals surface area (Å²) < 4.78 is 5.25. The van der Waals surface area contributed by atoms with Gasteiger partial charge in [0.25, 0.3) is 5.89 Å². The first-order valence-electron chi connectivity index (χ1n) is 6.93. The fourth-order valence-corrected chi connectivity index (χ4v) is 2.50. The monoisotopic (exact) mass is 323 g/mol. The molecule has 0 aliphatic heterocycles. The van der Waals surface area contributed by atoms with Gasteiger partial charge in [-0.3, -0.25) is 4.79 Å². The molecule has 0 aliphatic rings. The first kappa shape index (κ1) is 13.7. The van der Waals surface area contributed by atoms with Gasteiger partial charge in [0.1, 0.15) is 5.56 Å². The second-order valence-electron chi connectivity index (χ2n) is 5.01. The number of hydrogen-bond acceptors (Lipinski definition) is 4. The maximum Gasteiger partial charge on any atom is 0.263 e. The predicted molar refractivity (Wildman–Crippen MR) is 88.3 cm³/mol. The van der Waals surface area contributed by atoms with E-state index in [1.54, 1.807) is 36.5 Å². The third-order valence-electron chi connectivity index (χ3n) is 3.55. The van der Waals surface area contributed by atoms with Gasteiger partial charge in [0, 0.05) is 27.7 Å². The zero-order valence-electron chi connectivity index (χ0n) is 11.8. The molecule has 4 rings (SSSR count). The first-order valence-corrected chi connectivity index (χ1v) is 7.30. The number of para-hydroxylation sites is 1. The zero-order valence-corrected chi connectivity index (χ0v) is 12.5. The van der Waals surface area contributed by atoms with E-state index in [0.29, 0.717) is 21.8 Å². The molecule has 0 saturated heterocycles. The van der Waals surface area contributed by atoms with Crippen molar-refractivity contribution < 1.29 is 4.52 Å². The average Bonchev–Trinajstić information content (AvgIpc) is 3.06. The summed E-state index contributed by atoms with van der Waals surface area (Å²) in [7, 11) is 0. The van der Waals surface area contributed by atoms with Crippen molar-refractivity contribution in [2.45, 2.75) is 0 Å². The molecule has 0 spiro atoms. The van der Waals surface area contributed by atoms with Gasteiger partial charge < -0.3 is 9.51 Å². The second-order valence-corrected chi connectivity index (χ2v) is 5.44. The lowest BCUT2D eigenvalue weighted by Crippen LogP contribution is -2.06. The average molecular weight is 324 g/mol. The lowest BCUT2D eigenvalue weighted by Gasteiger charge is -1.98. The number of fused-ring (bicyclic) bond motifs is 1. The van der Waals surface area contributed by atoms with Crippen molar-refractivity contribution in [3.63, 3.8) is 0 Å². The summed E-state index contributed by atoms with van der Waals surface area (Å²) in [5.41, 5.74) is 1.72. The number of nitrogens with one attached hydrogen (secondary N) is 1. The van der Waals surface area contributed by atoms with Crippen molar-refractivity contribution in [1.82, 2.24) is 15.1 Å². The Balaban J connectivity index is 1.82. The fourth-order valence-electron chi connectivity index (χ4n) is 2.38. The predicted octanol–water partition coefficient (Wildman–Crippen LogP) is 3.90. The highest BCUT2D eigenvalue weighted by atomic mass is 35.5. The summed E-state index contributed by atoms with van der Waals surface area (Å²) in [4.78, 5) is 19.9. The summed E-state index contributed by atoms with van der Waals surface area (Å²) >= 11 is 5.87. The van der Waals surface area contributed by atoms with E-state index in [2.05, 4.69) is 15.1 Å². The van der Waals surface area contributed by atoms with Crippen LogP contribution in [0, 0.1) is 0 Å². The minimum Gasteiger partial charge on any atom is -0.360 e. The van der Waals surface area contributed by atoms with Crippen LogP contribution < -0.4 is 5.43 Å². The molecular formula is C17H10ClN3O2. The van der Waals surface area contributed by atoms with Crippen LogP contribution in [0.2, 0.25) is 5.02 Å². The van der Waals surface area contributed by atoms with Gasteiger partial charge in [0.05, 0.1) is 0 Å². The zero-order chi connectivity index (χ0) is 15.8. The van der Waals surface area contributed by atoms with Crippen LogP contribution in [-0.4, -0.2) is 15.1 Å². The summed E-state index contributed by atoms with van der Waals surface area (Å²) in [5.74, 6) is 0.589. The largest absolute Gasteiger partial charge is 0.360 e. The molecule has 2 heterocycles. The maximum atomic E-state index is 12.6. The highest BCUT2D eigenvalue weighted by Crippen LogP contribution is 2.22. The molecule has 0 aliphatic carbocycles. The van der Waals surface area contributed by atoms with Gasteiger partial charge in [-0.2, -0.15) is 4.98 Å². The van der Waals surface area contributed by atoms with E-state index in [1.165, 1.54) is 0 Å². The van der Waals surface area contributed by atoms with Crippen LogP contribution in [0.25, 0.3) is 33.7 Å². The fraction of sp³-hybridized carbons (Fsp3) is 0. The Kier molecular flexibility index (Phi) is 3.20. The molecule has 5 nitrogen and oxygen atoms in total. The highest BCUT2D eigenvalue weighted by Gasteiger charge is 2.15. The summed E-state index contributed by atoms with van der Waals surface area (Å²) in [6, 6.07) is 14.4. The van der Waals surface area contributed by atoms with E-state index in [4.69, 9.17) is 16.1 Å². The Morgan fingerprint density at radius 1 is 1.04 bits per heavy atom. The van der Waals surface area contributed by atoms with Gasteiger partial charge in [-0.05, 0) is 36.4 Å². The minimum atomic E-state index is -0.148. The van der Waals surface area contributed by atoms with Crippen LogP contribution in [0.3, 0.4) is 0 Å². The molecule has 0 atom stereocenters. The van der Waals surface area contributed by atoms with Crippen LogP contribution in [0.4, 0.5) is 0 Å². The molecule has 1 N–H and O–H groups in total. The van der Waals surface area contributed by atoms with Gasteiger partial charge in [-0.1, -0.05) is 28.9 Å². The molecule has 112 valence electrons. The molecule has 0 saturated carbocycles. The minimum absolute atomic E-state index is 0.148. The number of H-pyrrole nitrogens is 1. The maximum absolute atomic E-state index is 12.6. The molecule has 2 aromatic carbocycles. The Hall–Kier alpha value is -2.92. The number of aromatic amines is 1. The Morgan fingerprint density at radius 2 is 1.83 bits per heavy atom. The number of rotatable bonds is 2. The van der Waals surface area contributed by atoms with Gasteiger partial charge in [-0.25, -0.2) is 0 Å². The number of halogens is 1. The molecule has 0 unspecified atom stereocenters.